The van der Waals surface area contributed by atoms with Gasteiger partial charge in [0.1, 0.15) is 0 Å². The fourth-order valence-corrected chi connectivity index (χ4v) is 5.10. The normalized spacial score (nSPS) is 28.6. The molecule has 2 bridgehead atoms. The molecule has 4 rings (SSSR count). The summed E-state index contributed by atoms with van der Waals surface area (Å²) < 4.78 is 5.87. The SMILES string of the molecule is O=C(CCN1C(=O)[C@@H]2[C@H]3CC[C@@H](C3)[C@@H]2C1=O)OCC(=O)c1ccc(Br)cc1. The zero-order valence-electron chi connectivity index (χ0n) is 14.7. The van der Waals surface area contributed by atoms with Gasteiger partial charge in [0.15, 0.2) is 12.4 Å². The van der Waals surface area contributed by atoms with Gasteiger partial charge in [0.2, 0.25) is 11.8 Å². The lowest BCUT2D eigenvalue weighted by atomic mass is 9.81. The molecule has 0 radical (unpaired) electrons. The zero-order valence-corrected chi connectivity index (χ0v) is 16.3. The number of likely N-dealkylation sites (tertiary alicyclic amines) is 1. The van der Waals surface area contributed by atoms with Crippen LogP contribution in [-0.2, 0) is 19.1 Å². The minimum absolute atomic E-state index is 0.0371. The Balaban J connectivity index is 1.27. The molecule has 2 saturated carbocycles. The van der Waals surface area contributed by atoms with Crippen LogP contribution in [0.3, 0.4) is 0 Å². The Morgan fingerprint density at radius 3 is 2.22 bits per heavy atom. The Kier molecular flexibility index (Phi) is 4.88. The third kappa shape index (κ3) is 3.33. The van der Waals surface area contributed by atoms with Crippen LogP contribution in [0.1, 0.15) is 36.0 Å². The summed E-state index contributed by atoms with van der Waals surface area (Å²) in [6.45, 7) is -0.312. The van der Waals surface area contributed by atoms with Gasteiger partial charge in [-0.2, -0.15) is 0 Å². The van der Waals surface area contributed by atoms with Crippen LogP contribution in [0.15, 0.2) is 28.7 Å². The van der Waals surface area contributed by atoms with E-state index in [9.17, 15) is 19.2 Å². The Hall–Kier alpha value is -2.02. The number of hydrogen-bond acceptors (Lipinski definition) is 5. The zero-order chi connectivity index (χ0) is 19.1. The average molecular weight is 434 g/mol. The summed E-state index contributed by atoms with van der Waals surface area (Å²) in [7, 11) is 0. The molecule has 6 nitrogen and oxygen atoms in total. The average Bonchev–Trinajstić information content (AvgIpc) is 3.33. The fraction of sp³-hybridized carbons (Fsp3) is 0.500. The van der Waals surface area contributed by atoms with Gasteiger partial charge in [-0.3, -0.25) is 24.1 Å². The number of nitrogens with zero attached hydrogens (tertiary/aromatic N) is 1. The highest BCUT2D eigenvalue weighted by Gasteiger charge is 2.60. The van der Waals surface area contributed by atoms with E-state index in [0.717, 1.165) is 23.7 Å². The first-order valence-corrected chi connectivity index (χ1v) is 10.0. The number of hydrogen-bond donors (Lipinski definition) is 0. The predicted octanol–water partition coefficient (Wildman–Crippen LogP) is 2.60. The van der Waals surface area contributed by atoms with Crippen molar-refractivity contribution in [2.24, 2.45) is 23.7 Å². The Labute approximate surface area is 165 Å². The van der Waals surface area contributed by atoms with Crippen molar-refractivity contribution in [3.63, 3.8) is 0 Å². The van der Waals surface area contributed by atoms with E-state index < -0.39 is 5.97 Å². The molecule has 1 aliphatic heterocycles. The highest BCUT2D eigenvalue weighted by molar-refractivity contribution is 9.10. The number of benzene rings is 1. The van der Waals surface area contributed by atoms with Gasteiger partial charge in [-0.05, 0) is 43.2 Å². The van der Waals surface area contributed by atoms with Crippen LogP contribution in [0.4, 0.5) is 0 Å². The number of fused-ring (bicyclic) bond motifs is 5. The quantitative estimate of drug-likeness (QED) is 0.391. The molecular weight excluding hydrogens is 414 g/mol. The van der Waals surface area contributed by atoms with Crippen molar-refractivity contribution in [3.05, 3.63) is 34.3 Å². The molecule has 3 fully saturated rings. The lowest BCUT2D eigenvalue weighted by molar-refractivity contribution is -0.145. The second-order valence-corrected chi connectivity index (χ2v) is 8.47. The van der Waals surface area contributed by atoms with E-state index >= 15 is 0 Å². The molecule has 2 amide bonds. The first kappa shape index (κ1) is 18.3. The largest absolute Gasteiger partial charge is 0.457 e. The molecule has 2 aliphatic carbocycles. The predicted molar refractivity (Wildman–Crippen MR) is 98.6 cm³/mol. The Morgan fingerprint density at radius 1 is 1.04 bits per heavy atom. The number of rotatable bonds is 6. The van der Waals surface area contributed by atoms with Crippen LogP contribution in [0.2, 0.25) is 0 Å². The number of ether oxygens (including phenoxy) is 1. The number of ketones is 1. The highest BCUT2D eigenvalue weighted by atomic mass is 79.9. The van der Waals surface area contributed by atoms with Crippen molar-refractivity contribution in [2.75, 3.05) is 13.2 Å². The number of carbonyl (C=O) groups excluding carboxylic acids is 4. The standard InChI is InChI=1S/C20H20BrNO5/c21-14-5-3-11(4-6-14)15(23)10-27-16(24)7-8-22-19(25)17-12-1-2-13(9-12)18(17)20(22)26/h3-6,12-13,17-18H,1-2,7-10H2/t12-,13-,17-,18+/m0/s1. The van der Waals surface area contributed by atoms with Crippen LogP contribution in [0.25, 0.3) is 0 Å². The molecule has 0 N–H and O–H groups in total. The summed E-state index contributed by atoms with van der Waals surface area (Å²) in [5.74, 6) is -0.824. The third-order valence-corrected chi connectivity index (χ3v) is 6.62. The van der Waals surface area contributed by atoms with E-state index in [2.05, 4.69) is 15.9 Å². The second kappa shape index (κ2) is 7.19. The summed E-state index contributed by atoms with van der Waals surface area (Å²) in [5, 5.41) is 0. The first-order chi connectivity index (χ1) is 13.0. The number of Topliss-reactive ketones (excluding diaryl/α,β-unsaturated/α-hetero) is 1. The molecule has 7 heteroatoms. The Morgan fingerprint density at radius 2 is 1.63 bits per heavy atom. The summed E-state index contributed by atoms with van der Waals surface area (Å²) >= 11 is 3.29. The smallest absolute Gasteiger partial charge is 0.308 e. The van der Waals surface area contributed by atoms with Gasteiger partial charge >= 0.3 is 5.97 Å². The molecule has 1 aromatic rings. The molecule has 3 aliphatic rings. The molecule has 0 unspecified atom stereocenters. The molecular formula is C20H20BrNO5. The maximum absolute atomic E-state index is 12.6. The topological polar surface area (TPSA) is 80.8 Å². The molecule has 0 spiro atoms. The van der Waals surface area contributed by atoms with Gasteiger partial charge in [-0.25, -0.2) is 0 Å². The van der Waals surface area contributed by atoms with Crippen molar-refractivity contribution in [3.8, 4) is 0 Å². The van der Waals surface area contributed by atoms with Crippen molar-refractivity contribution in [1.29, 1.82) is 0 Å². The Bertz CT molecular complexity index is 777. The van der Waals surface area contributed by atoms with E-state index in [1.54, 1.807) is 24.3 Å². The monoisotopic (exact) mass is 433 g/mol. The van der Waals surface area contributed by atoms with Gasteiger partial charge in [0, 0.05) is 16.6 Å². The number of carbonyl (C=O) groups is 4. The van der Waals surface area contributed by atoms with Crippen LogP contribution in [0, 0.1) is 23.7 Å². The van der Waals surface area contributed by atoms with Crippen molar-refractivity contribution >= 4 is 39.5 Å². The van der Waals surface area contributed by atoms with E-state index in [-0.39, 0.29) is 49.0 Å². The second-order valence-electron chi connectivity index (χ2n) is 7.55. The van der Waals surface area contributed by atoms with E-state index in [0.29, 0.717) is 17.4 Å². The van der Waals surface area contributed by atoms with Gasteiger partial charge in [0.25, 0.3) is 0 Å². The van der Waals surface area contributed by atoms with Gasteiger partial charge in [-0.15, -0.1) is 0 Å². The summed E-state index contributed by atoms with van der Waals surface area (Å²) in [4.78, 5) is 50.4. The van der Waals surface area contributed by atoms with Gasteiger partial charge in [0.05, 0.1) is 18.3 Å². The molecule has 1 saturated heterocycles. The molecule has 142 valence electrons. The number of halogens is 1. The first-order valence-electron chi connectivity index (χ1n) is 9.25. The van der Waals surface area contributed by atoms with Gasteiger partial charge in [-0.1, -0.05) is 28.1 Å². The fourth-order valence-electron chi connectivity index (χ4n) is 4.83. The lowest BCUT2D eigenvalue weighted by Crippen LogP contribution is -2.35. The van der Waals surface area contributed by atoms with E-state index in [4.69, 9.17) is 4.74 Å². The van der Waals surface area contributed by atoms with Crippen LogP contribution >= 0.6 is 15.9 Å². The number of esters is 1. The van der Waals surface area contributed by atoms with Crippen LogP contribution in [-0.4, -0.2) is 41.6 Å². The molecule has 1 heterocycles. The lowest BCUT2D eigenvalue weighted by Gasteiger charge is -2.19. The van der Waals surface area contributed by atoms with Gasteiger partial charge < -0.3 is 4.74 Å². The maximum atomic E-state index is 12.6. The van der Waals surface area contributed by atoms with E-state index in [1.807, 2.05) is 0 Å². The minimum atomic E-state index is -0.582. The van der Waals surface area contributed by atoms with Crippen molar-refractivity contribution in [1.82, 2.24) is 4.90 Å². The van der Waals surface area contributed by atoms with Crippen LogP contribution in [0.5, 0.6) is 0 Å². The van der Waals surface area contributed by atoms with Crippen LogP contribution < -0.4 is 0 Å². The summed E-state index contributed by atoms with van der Waals surface area (Å²) in [6, 6.07) is 6.77. The van der Waals surface area contributed by atoms with Crippen molar-refractivity contribution < 1.29 is 23.9 Å². The third-order valence-electron chi connectivity index (χ3n) is 6.09. The maximum Gasteiger partial charge on any atom is 0.308 e. The summed E-state index contributed by atoms with van der Waals surface area (Å²) in [5.41, 5.74) is 0.458. The molecule has 4 atom stereocenters. The molecule has 27 heavy (non-hydrogen) atoms. The summed E-state index contributed by atoms with van der Waals surface area (Å²) in [6.07, 6.45) is 2.96. The van der Waals surface area contributed by atoms with E-state index in [1.165, 1.54) is 4.90 Å². The number of amides is 2. The highest BCUT2D eigenvalue weighted by Crippen LogP contribution is 2.56. The molecule has 0 aromatic heterocycles. The molecule has 1 aromatic carbocycles. The number of imide groups is 1. The minimum Gasteiger partial charge on any atom is -0.457 e. The van der Waals surface area contributed by atoms with Crippen molar-refractivity contribution in [2.45, 2.75) is 25.7 Å².